The molecule has 22 heavy (non-hydrogen) atoms. The Balaban J connectivity index is 2.02. The number of halogens is 2. The fraction of sp³-hybridized carbons (Fsp3) is 0.235. The van der Waals surface area contributed by atoms with Gasteiger partial charge in [-0.15, -0.1) is 0 Å². The first-order valence-electron chi connectivity index (χ1n) is 6.82. The number of benzene rings is 2. The average molecular weight is 322 g/mol. The van der Waals surface area contributed by atoms with E-state index in [0.717, 1.165) is 22.8 Å². The predicted molar refractivity (Wildman–Crippen MR) is 86.2 cm³/mol. The van der Waals surface area contributed by atoms with Gasteiger partial charge in [-0.2, -0.15) is 0 Å². The van der Waals surface area contributed by atoms with Gasteiger partial charge >= 0.3 is 0 Å². The zero-order chi connectivity index (χ0) is 16.3. The Kier molecular flexibility index (Phi) is 5.03. The van der Waals surface area contributed by atoms with E-state index in [0.29, 0.717) is 5.75 Å². The van der Waals surface area contributed by atoms with Gasteiger partial charge in [-0.05, 0) is 50.1 Å². The maximum absolute atomic E-state index is 13.6. The lowest BCUT2D eigenvalue weighted by Crippen LogP contribution is -2.21. The van der Waals surface area contributed by atoms with E-state index < -0.39 is 11.7 Å². The number of anilines is 1. The summed E-state index contributed by atoms with van der Waals surface area (Å²) < 4.78 is 19.2. The van der Waals surface area contributed by atoms with Crippen molar-refractivity contribution < 1.29 is 13.9 Å². The number of aryl methyl sites for hydroxylation is 3. The second-order valence-electron chi connectivity index (χ2n) is 5.19. The van der Waals surface area contributed by atoms with E-state index in [2.05, 4.69) is 5.32 Å². The molecule has 0 saturated heterocycles. The largest absolute Gasteiger partial charge is 0.483 e. The monoisotopic (exact) mass is 321 g/mol. The number of carbonyl (C=O) groups is 1. The van der Waals surface area contributed by atoms with Gasteiger partial charge in [-0.1, -0.05) is 29.3 Å². The topological polar surface area (TPSA) is 38.3 Å². The summed E-state index contributed by atoms with van der Waals surface area (Å²) in [6.45, 7) is 5.66. The molecule has 0 saturated carbocycles. The maximum Gasteiger partial charge on any atom is 0.262 e. The molecule has 2 aromatic rings. The van der Waals surface area contributed by atoms with E-state index in [-0.39, 0.29) is 17.3 Å². The molecule has 0 spiro atoms. The third-order valence-corrected chi connectivity index (χ3v) is 3.39. The van der Waals surface area contributed by atoms with Crippen LogP contribution in [0.15, 0.2) is 30.3 Å². The standard InChI is InChI=1S/C17H17ClFNO2/c1-10-6-11(2)17(12(3)7-10)22-9-16(21)20-15-5-4-13(18)8-14(15)19/h4-8H,9H2,1-3H3,(H,20,21). The Hall–Kier alpha value is -2.07. The quantitative estimate of drug-likeness (QED) is 0.905. The summed E-state index contributed by atoms with van der Waals surface area (Å²) in [5, 5.41) is 2.74. The average Bonchev–Trinajstić information content (AvgIpc) is 2.40. The van der Waals surface area contributed by atoms with Crippen LogP contribution in [-0.2, 0) is 4.79 Å². The summed E-state index contributed by atoms with van der Waals surface area (Å²) in [5.74, 6) is -0.332. The SMILES string of the molecule is Cc1cc(C)c(OCC(=O)Nc2ccc(Cl)cc2F)c(C)c1. The summed E-state index contributed by atoms with van der Waals surface area (Å²) in [6, 6.07) is 8.04. The highest BCUT2D eigenvalue weighted by molar-refractivity contribution is 6.30. The first-order valence-corrected chi connectivity index (χ1v) is 7.20. The van der Waals surface area contributed by atoms with Gasteiger partial charge in [0.25, 0.3) is 5.91 Å². The number of nitrogens with one attached hydrogen (secondary N) is 1. The molecule has 116 valence electrons. The molecule has 1 N–H and O–H groups in total. The first-order chi connectivity index (χ1) is 10.4. The third-order valence-electron chi connectivity index (χ3n) is 3.16. The lowest BCUT2D eigenvalue weighted by Gasteiger charge is -2.13. The van der Waals surface area contributed by atoms with Crippen LogP contribution in [0.25, 0.3) is 0 Å². The van der Waals surface area contributed by atoms with E-state index >= 15 is 0 Å². The Morgan fingerprint density at radius 3 is 2.41 bits per heavy atom. The minimum Gasteiger partial charge on any atom is -0.483 e. The van der Waals surface area contributed by atoms with E-state index in [9.17, 15) is 9.18 Å². The van der Waals surface area contributed by atoms with Crippen molar-refractivity contribution in [3.63, 3.8) is 0 Å². The van der Waals surface area contributed by atoms with Crippen molar-refractivity contribution in [1.82, 2.24) is 0 Å². The first kappa shape index (κ1) is 16.3. The molecule has 0 radical (unpaired) electrons. The summed E-state index contributed by atoms with van der Waals surface area (Å²) >= 11 is 5.66. The lowest BCUT2D eigenvalue weighted by atomic mass is 10.1. The molecule has 2 aromatic carbocycles. The Labute approximate surface area is 134 Å². The maximum atomic E-state index is 13.6. The molecule has 0 aromatic heterocycles. The van der Waals surface area contributed by atoms with Crippen molar-refractivity contribution in [3.8, 4) is 5.75 Å². The Bertz CT molecular complexity index is 693. The van der Waals surface area contributed by atoms with Crippen LogP contribution in [0.5, 0.6) is 5.75 Å². The molecule has 0 aliphatic heterocycles. The number of rotatable bonds is 4. The lowest BCUT2D eigenvalue weighted by molar-refractivity contribution is -0.118. The minimum atomic E-state index is -0.580. The van der Waals surface area contributed by atoms with Gasteiger partial charge in [0, 0.05) is 5.02 Å². The summed E-state index contributed by atoms with van der Waals surface area (Å²) in [7, 11) is 0. The second-order valence-corrected chi connectivity index (χ2v) is 5.63. The summed E-state index contributed by atoms with van der Waals surface area (Å²) in [5.41, 5.74) is 3.14. The van der Waals surface area contributed by atoms with Crippen LogP contribution in [0.4, 0.5) is 10.1 Å². The molecule has 3 nitrogen and oxygen atoms in total. The van der Waals surface area contributed by atoms with Crippen LogP contribution in [0, 0.1) is 26.6 Å². The number of amides is 1. The fourth-order valence-corrected chi connectivity index (χ4v) is 2.47. The van der Waals surface area contributed by atoms with Gasteiger partial charge in [-0.25, -0.2) is 4.39 Å². The highest BCUT2D eigenvalue weighted by Gasteiger charge is 2.10. The molecular weight excluding hydrogens is 305 g/mol. The smallest absolute Gasteiger partial charge is 0.262 e. The van der Waals surface area contributed by atoms with Crippen LogP contribution in [0.3, 0.4) is 0 Å². The number of hydrogen-bond donors (Lipinski definition) is 1. The highest BCUT2D eigenvalue weighted by Crippen LogP contribution is 2.24. The van der Waals surface area contributed by atoms with Crippen molar-refractivity contribution in [2.45, 2.75) is 20.8 Å². The molecule has 5 heteroatoms. The van der Waals surface area contributed by atoms with Gasteiger partial charge in [0.2, 0.25) is 0 Å². The fourth-order valence-electron chi connectivity index (χ4n) is 2.31. The van der Waals surface area contributed by atoms with Crippen molar-refractivity contribution >= 4 is 23.2 Å². The van der Waals surface area contributed by atoms with Crippen molar-refractivity contribution in [1.29, 1.82) is 0 Å². The van der Waals surface area contributed by atoms with Gasteiger partial charge in [0.1, 0.15) is 11.6 Å². The van der Waals surface area contributed by atoms with Crippen molar-refractivity contribution in [2.24, 2.45) is 0 Å². The molecule has 0 heterocycles. The zero-order valence-electron chi connectivity index (χ0n) is 12.7. The van der Waals surface area contributed by atoms with Crippen molar-refractivity contribution in [3.05, 3.63) is 57.9 Å². The number of ether oxygens (including phenoxy) is 1. The van der Waals surface area contributed by atoms with Crippen LogP contribution in [-0.4, -0.2) is 12.5 Å². The van der Waals surface area contributed by atoms with E-state index in [1.54, 1.807) is 0 Å². The molecule has 2 rings (SSSR count). The van der Waals surface area contributed by atoms with Crippen molar-refractivity contribution in [2.75, 3.05) is 11.9 Å². The predicted octanol–water partition coefficient (Wildman–Crippen LogP) is 4.42. The third kappa shape index (κ3) is 3.98. The Morgan fingerprint density at radius 1 is 1.18 bits per heavy atom. The molecular formula is C17H17ClFNO2. The van der Waals surface area contributed by atoms with Gasteiger partial charge < -0.3 is 10.1 Å². The number of carbonyl (C=O) groups excluding carboxylic acids is 1. The number of hydrogen-bond acceptors (Lipinski definition) is 2. The Morgan fingerprint density at radius 2 is 1.82 bits per heavy atom. The molecule has 0 aliphatic rings. The molecule has 0 fully saturated rings. The second kappa shape index (κ2) is 6.79. The van der Waals surface area contributed by atoms with E-state index in [4.69, 9.17) is 16.3 Å². The minimum absolute atomic E-state index is 0.0790. The van der Waals surface area contributed by atoms with E-state index in [1.165, 1.54) is 12.1 Å². The zero-order valence-corrected chi connectivity index (χ0v) is 13.4. The van der Waals surface area contributed by atoms with Crippen LogP contribution < -0.4 is 10.1 Å². The van der Waals surface area contributed by atoms with Crippen LogP contribution >= 0.6 is 11.6 Å². The highest BCUT2D eigenvalue weighted by atomic mass is 35.5. The van der Waals surface area contributed by atoms with Crippen LogP contribution in [0.1, 0.15) is 16.7 Å². The van der Waals surface area contributed by atoms with Crippen LogP contribution in [0.2, 0.25) is 5.02 Å². The molecule has 0 atom stereocenters. The van der Waals surface area contributed by atoms with Gasteiger partial charge in [0.15, 0.2) is 6.61 Å². The molecule has 0 aliphatic carbocycles. The molecule has 0 unspecified atom stereocenters. The van der Waals surface area contributed by atoms with Gasteiger partial charge in [-0.3, -0.25) is 4.79 Å². The van der Waals surface area contributed by atoms with E-state index in [1.807, 2.05) is 32.9 Å². The summed E-state index contributed by atoms with van der Waals surface area (Å²) in [4.78, 5) is 11.9. The molecule has 0 bridgehead atoms. The molecule has 1 amide bonds. The van der Waals surface area contributed by atoms with Gasteiger partial charge in [0.05, 0.1) is 5.69 Å². The normalized spacial score (nSPS) is 10.4. The summed E-state index contributed by atoms with van der Waals surface area (Å²) in [6.07, 6.45) is 0.